The molecule has 0 saturated carbocycles. The molecule has 14 heteroatoms. The van der Waals surface area contributed by atoms with Crippen molar-refractivity contribution in [2.24, 2.45) is 5.73 Å². The number of aliphatic hydroxyl groups is 1. The Balaban J connectivity index is 0.000000956. The van der Waals surface area contributed by atoms with Crippen LogP contribution in [0, 0.1) is 5.41 Å². The Morgan fingerprint density at radius 3 is 2.18 bits per heavy atom. The number of aliphatic hydroxyl groups excluding tert-OH is 1. The van der Waals surface area contributed by atoms with Crippen LogP contribution in [0.25, 0.3) is 6.08 Å². The molecule has 1 amide bonds. The van der Waals surface area contributed by atoms with Crippen molar-refractivity contribution in [2.45, 2.75) is 32.6 Å². The Morgan fingerprint density at radius 1 is 1.10 bits per heavy atom. The minimum atomic E-state index is -3.58. The number of furan rings is 1. The van der Waals surface area contributed by atoms with Crippen molar-refractivity contribution < 1.29 is 52.4 Å². The number of carboxylic acids is 2. The van der Waals surface area contributed by atoms with Gasteiger partial charge in [0.15, 0.2) is 0 Å². The SMILES string of the molecule is C/C(=C\c1ccc(C(=O)Oc2ccc(C(=N)N)cc2)o1)C(=O)N(CCCO)CCC(=O)O.CC(F)(F)C(=O)O. The summed E-state index contributed by atoms with van der Waals surface area (Å²) in [5.74, 6) is -7.52. The number of nitrogen functional groups attached to an aromatic ring is 1. The average molecular weight is 554 g/mol. The van der Waals surface area contributed by atoms with E-state index < -0.39 is 29.7 Å². The molecule has 39 heavy (non-hydrogen) atoms. The van der Waals surface area contributed by atoms with Crippen LogP contribution in [0.5, 0.6) is 5.75 Å². The number of nitrogens with one attached hydrogen (secondary N) is 1. The van der Waals surface area contributed by atoms with Crippen molar-refractivity contribution in [2.75, 3.05) is 19.7 Å². The van der Waals surface area contributed by atoms with E-state index in [2.05, 4.69) is 0 Å². The summed E-state index contributed by atoms with van der Waals surface area (Å²) in [5, 5.41) is 32.7. The van der Waals surface area contributed by atoms with Crippen LogP contribution in [0.2, 0.25) is 0 Å². The lowest BCUT2D eigenvalue weighted by Crippen LogP contribution is -2.34. The van der Waals surface area contributed by atoms with Crippen molar-refractivity contribution in [3.8, 4) is 5.75 Å². The largest absolute Gasteiger partial charge is 0.481 e. The topological polar surface area (TPSA) is 204 Å². The first-order valence-corrected chi connectivity index (χ1v) is 11.3. The highest BCUT2D eigenvalue weighted by atomic mass is 19.3. The van der Waals surface area contributed by atoms with E-state index in [0.29, 0.717) is 18.9 Å². The van der Waals surface area contributed by atoms with Gasteiger partial charge in [0.05, 0.1) is 6.42 Å². The molecule has 0 unspecified atom stereocenters. The zero-order valence-corrected chi connectivity index (χ0v) is 21.1. The van der Waals surface area contributed by atoms with Crippen LogP contribution in [-0.4, -0.2) is 75.5 Å². The number of hydrogen-bond acceptors (Lipinski definition) is 8. The predicted molar refractivity (Wildman–Crippen MR) is 134 cm³/mol. The van der Waals surface area contributed by atoms with E-state index in [-0.39, 0.29) is 54.8 Å². The normalized spacial score (nSPS) is 11.2. The number of benzene rings is 1. The van der Waals surface area contributed by atoms with Crippen LogP contribution in [-0.2, 0) is 14.4 Å². The smallest absolute Gasteiger partial charge is 0.379 e. The van der Waals surface area contributed by atoms with Gasteiger partial charge in [0.2, 0.25) is 11.7 Å². The minimum Gasteiger partial charge on any atom is -0.481 e. The second-order valence-electron chi connectivity index (χ2n) is 8.06. The molecule has 1 aromatic heterocycles. The fraction of sp³-hybridized carbons (Fsp3) is 0.320. The summed E-state index contributed by atoms with van der Waals surface area (Å²) in [6, 6.07) is 9.00. The second-order valence-corrected chi connectivity index (χ2v) is 8.06. The molecule has 0 aliphatic heterocycles. The van der Waals surface area contributed by atoms with Crippen LogP contribution in [0.4, 0.5) is 8.78 Å². The molecule has 212 valence electrons. The Bertz CT molecular complexity index is 1200. The van der Waals surface area contributed by atoms with Gasteiger partial charge in [0.1, 0.15) is 17.3 Å². The Kier molecular flexibility index (Phi) is 12.5. The van der Waals surface area contributed by atoms with Gasteiger partial charge in [0, 0.05) is 37.8 Å². The zero-order valence-electron chi connectivity index (χ0n) is 21.1. The number of alkyl halides is 2. The third kappa shape index (κ3) is 11.6. The summed E-state index contributed by atoms with van der Waals surface area (Å²) in [6.45, 7) is 1.98. The fourth-order valence-electron chi connectivity index (χ4n) is 2.73. The monoisotopic (exact) mass is 553 g/mol. The van der Waals surface area contributed by atoms with Crippen LogP contribution < -0.4 is 10.5 Å². The predicted octanol–water partition coefficient (Wildman–Crippen LogP) is 2.60. The van der Waals surface area contributed by atoms with Crippen molar-refractivity contribution in [1.29, 1.82) is 5.41 Å². The van der Waals surface area contributed by atoms with E-state index in [1.165, 1.54) is 35.2 Å². The standard InChI is InChI=1S/C22H25N3O7.C3H4F2O2/c1-14(21(29)25(10-2-12-26)11-9-19(27)28)13-17-7-8-18(31-17)22(30)32-16-5-3-15(4-6-16)20(23)24;1-3(4,5)2(6)7/h3-8,13,26H,2,9-12H2,1H3,(H3,23,24)(H,27,28);1H3,(H,6,7)/b14-13+;. The highest BCUT2D eigenvalue weighted by Gasteiger charge is 2.31. The number of carboxylic acid groups (broad SMARTS) is 2. The zero-order chi connectivity index (χ0) is 29.8. The number of hydrogen-bond donors (Lipinski definition) is 5. The summed E-state index contributed by atoms with van der Waals surface area (Å²) in [7, 11) is 0. The van der Waals surface area contributed by atoms with Gasteiger partial charge in [-0.15, -0.1) is 0 Å². The highest BCUT2D eigenvalue weighted by molar-refractivity contribution is 5.97. The maximum Gasteiger partial charge on any atom is 0.379 e. The van der Waals surface area contributed by atoms with Crippen LogP contribution in [0.15, 0.2) is 46.4 Å². The maximum absolute atomic E-state index is 12.6. The van der Waals surface area contributed by atoms with Gasteiger partial charge in [-0.3, -0.25) is 15.0 Å². The number of esters is 1. The van der Waals surface area contributed by atoms with E-state index in [0.717, 1.165) is 0 Å². The minimum absolute atomic E-state index is 0.0114. The van der Waals surface area contributed by atoms with Gasteiger partial charge in [-0.1, -0.05) is 0 Å². The lowest BCUT2D eigenvalue weighted by Gasteiger charge is -2.22. The van der Waals surface area contributed by atoms with E-state index in [1.54, 1.807) is 19.1 Å². The maximum atomic E-state index is 12.6. The molecule has 0 atom stereocenters. The number of carbonyl (C=O) groups is 4. The lowest BCUT2D eigenvalue weighted by atomic mass is 10.2. The number of nitrogens with two attached hydrogens (primary N) is 1. The number of nitrogens with zero attached hydrogens (tertiary/aromatic N) is 1. The molecule has 2 aromatic rings. The van der Waals surface area contributed by atoms with Crippen LogP contribution in [0.1, 0.15) is 48.6 Å². The van der Waals surface area contributed by atoms with Crippen LogP contribution in [0.3, 0.4) is 0 Å². The third-order valence-electron chi connectivity index (χ3n) is 4.74. The molecule has 0 aliphatic rings. The third-order valence-corrected chi connectivity index (χ3v) is 4.74. The first-order chi connectivity index (χ1) is 18.1. The van der Waals surface area contributed by atoms with E-state index >= 15 is 0 Å². The van der Waals surface area contributed by atoms with Crippen molar-refractivity contribution >= 4 is 35.7 Å². The molecule has 2 rings (SSSR count). The Labute approximate surface area is 221 Å². The van der Waals surface area contributed by atoms with Gasteiger partial charge in [-0.05, 0) is 55.8 Å². The molecular weight excluding hydrogens is 524 g/mol. The second kappa shape index (κ2) is 15.0. The molecule has 6 N–H and O–H groups in total. The number of ether oxygens (including phenoxy) is 1. The quantitative estimate of drug-likeness (QED) is 0.0854. The molecule has 0 fully saturated rings. The van der Waals surface area contributed by atoms with E-state index in [1.807, 2.05) is 0 Å². The van der Waals surface area contributed by atoms with Gasteiger partial charge in [-0.2, -0.15) is 8.78 Å². The van der Waals surface area contributed by atoms with Gasteiger partial charge in [0.25, 0.3) is 0 Å². The van der Waals surface area contributed by atoms with Crippen LogP contribution >= 0.6 is 0 Å². The lowest BCUT2D eigenvalue weighted by molar-refractivity contribution is -0.162. The first kappa shape index (κ1) is 32.4. The number of amidine groups is 1. The summed E-state index contributed by atoms with van der Waals surface area (Å²) in [6.07, 6.45) is 1.55. The molecule has 12 nitrogen and oxygen atoms in total. The average Bonchev–Trinajstić information content (AvgIpc) is 3.32. The molecule has 0 aliphatic carbocycles. The Morgan fingerprint density at radius 2 is 1.69 bits per heavy atom. The molecule has 1 aromatic carbocycles. The summed E-state index contributed by atoms with van der Waals surface area (Å²) < 4.78 is 33.2. The van der Waals surface area contributed by atoms with Gasteiger partial charge >= 0.3 is 23.8 Å². The Hall–Kier alpha value is -4.59. The first-order valence-electron chi connectivity index (χ1n) is 11.3. The van der Waals surface area contributed by atoms with Crippen molar-refractivity contribution in [3.63, 3.8) is 0 Å². The molecule has 0 radical (unpaired) electrons. The number of halogens is 2. The number of amides is 1. The number of carbonyl (C=O) groups excluding carboxylic acids is 2. The number of rotatable bonds is 12. The molecule has 1 heterocycles. The molecule has 0 spiro atoms. The van der Waals surface area contributed by atoms with Gasteiger partial charge < -0.3 is 35.1 Å². The van der Waals surface area contributed by atoms with E-state index in [9.17, 15) is 28.0 Å². The van der Waals surface area contributed by atoms with E-state index in [4.69, 9.17) is 35.6 Å². The summed E-state index contributed by atoms with van der Waals surface area (Å²) in [4.78, 5) is 46.4. The summed E-state index contributed by atoms with van der Waals surface area (Å²) >= 11 is 0. The summed E-state index contributed by atoms with van der Waals surface area (Å²) in [5.41, 5.74) is 6.16. The highest BCUT2D eigenvalue weighted by Crippen LogP contribution is 2.18. The van der Waals surface area contributed by atoms with Crippen molar-refractivity contribution in [1.82, 2.24) is 4.90 Å². The van der Waals surface area contributed by atoms with Gasteiger partial charge in [-0.25, -0.2) is 9.59 Å². The molecular formula is C25H29F2N3O9. The van der Waals surface area contributed by atoms with Crippen molar-refractivity contribution in [3.05, 3.63) is 59.1 Å². The molecule has 0 bridgehead atoms. The molecule has 0 saturated heterocycles. The fourth-order valence-corrected chi connectivity index (χ4v) is 2.73. The number of aliphatic carboxylic acids is 2.